The van der Waals surface area contributed by atoms with E-state index < -0.39 is 5.60 Å². The summed E-state index contributed by atoms with van der Waals surface area (Å²) in [5.41, 5.74) is -0.472. The molecule has 2 nitrogen and oxygen atoms in total. The predicted octanol–water partition coefficient (Wildman–Crippen LogP) is 2.23. The number of aromatic nitrogens is 1. The molecule has 15 heavy (non-hydrogen) atoms. The monoisotopic (exact) mass is 207 g/mol. The summed E-state index contributed by atoms with van der Waals surface area (Å²) in [5, 5.41) is 10.6. The van der Waals surface area contributed by atoms with Gasteiger partial charge in [0, 0.05) is 11.8 Å². The van der Waals surface area contributed by atoms with Gasteiger partial charge in [-0.15, -0.1) is 0 Å². The van der Waals surface area contributed by atoms with Gasteiger partial charge in [0.1, 0.15) is 5.82 Å². The maximum Gasteiger partial charge on any atom is 0.147 e. The highest BCUT2D eigenvalue weighted by atomic mass is 19.1. The lowest BCUT2D eigenvalue weighted by Crippen LogP contribution is -2.33. The van der Waals surface area contributed by atoms with E-state index >= 15 is 0 Å². The number of aliphatic hydroxyl groups is 1. The van der Waals surface area contributed by atoms with Crippen LogP contribution in [0.3, 0.4) is 0 Å². The molecule has 3 rings (SSSR count). The molecule has 3 heteroatoms. The fourth-order valence-corrected chi connectivity index (χ4v) is 3.36. The summed E-state index contributed by atoms with van der Waals surface area (Å²) in [6.45, 7) is 0. The quantitative estimate of drug-likeness (QED) is 0.766. The third kappa shape index (κ3) is 1.22. The first-order valence-electron chi connectivity index (χ1n) is 5.52. The van der Waals surface area contributed by atoms with Crippen LogP contribution < -0.4 is 0 Å². The lowest BCUT2D eigenvalue weighted by molar-refractivity contribution is -0.0213. The minimum absolute atomic E-state index is 0.249. The van der Waals surface area contributed by atoms with Crippen LogP contribution in [0.4, 0.5) is 4.39 Å². The molecule has 3 unspecified atom stereocenters. The minimum Gasteiger partial charge on any atom is -0.385 e. The number of halogens is 1. The molecule has 3 atom stereocenters. The Morgan fingerprint density at radius 2 is 2.33 bits per heavy atom. The van der Waals surface area contributed by atoms with Crippen molar-refractivity contribution in [2.75, 3.05) is 0 Å². The molecule has 0 saturated heterocycles. The molecule has 80 valence electrons. The molecule has 1 aromatic rings. The summed E-state index contributed by atoms with van der Waals surface area (Å²) in [5.74, 6) is 0.472. The second kappa shape index (κ2) is 3.01. The maximum atomic E-state index is 13.6. The van der Waals surface area contributed by atoms with Crippen molar-refractivity contribution in [3.05, 3.63) is 29.8 Å². The van der Waals surface area contributed by atoms with Gasteiger partial charge in [-0.05, 0) is 43.6 Å². The number of hydrogen-bond donors (Lipinski definition) is 1. The number of nitrogens with zero attached hydrogens (tertiary/aromatic N) is 1. The van der Waals surface area contributed by atoms with Crippen molar-refractivity contribution in [1.82, 2.24) is 4.98 Å². The first-order chi connectivity index (χ1) is 7.20. The van der Waals surface area contributed by atoms with Gasteiger partial charge in [-0.25, -0.2) is 4.39 Å². The van der Waals surface area contributed by atoms with Crippen LogP contribution in [0.1, 0.15) is 31.2 Å². The Hall–Kier alpha value is -0.960. The fraction of sp³-hybridized carbons (Fsp3) is 0.583. The topological polar surface area (TPSA) is 33.1 Å². The summed E-state index contributed by atoms with van der Waals surface area (Å²) < 4.78 is 13.6. The number of hydrogen-bond acceptors (Lipinski definition) is 2. The smallest absolute Gasteiger partial charge is 0.147 e. The van der Waals surface area contributed by atoms with E-state index in [2.05, 4.69) is 4.98 Å². The van der Waals surface area contributed by atoms with Crippen molar-refractivity contribution in [3.8, 4) is 0 Å². The van der Waals surface area contributed by atoms with E-state index in [1.807, 2.05) is 0 Å². The largest absolute Gasteiger partial charge is 0.385 e. The highest BCUT2D eigenvalue weighted by molar-refractivity contribution is 5.25. The first-order valence-corrected chi connectivity index (χ1v) is 5.52. The molecule has 1 aromatic heterocycles. The van der Waals surface area contributed by atoms with Crippen molar-refractivity contribution >= 4 is 0 Å². The second-order valence-electron chi connectivity index (χ2n) is 4.86. The number of pyridine rings is 1. The van der Waals surface area contributed by atoms with Gasteiger partial charge in [0.2, 0.25) is 0 Å². The summed E-state index contributed by atoms with van der Waals surface area (Å²) in [4.78, 5) is 3.72. The van der Waals surface area contributed by atoms with Gasteiger partial charge in [0.25, 0.3) is 0 Å². The summed E-state index contributed by atoms with van der Waals surface area (Å²) in [6.07, 6.45) is 6.75. The second-order valence-corrected chi connectivity index (χ2v) is 4.86. The zero-order chi connectivity index (χ0) is 10.5. The van der Waals surface area contributed by atoms with Crippen LogP contribution in [0, 0.1) is 17.7 Å². The molecule has 2 aliphatic carbocycles. The molecular formula is C12H14FNO. The lowest BCUT2D eigenvalue weighted by atomic mass is 9.79. The Morgan fingerprint density at radius 1 is 1.47 bits per heavy atom. The fourth-order valence-electron chi connectivity index (χ4n) is 3.36. The zero-order valence-corrected chi connectivity index (χ0v) is 8.49. The standard InChI is InChI=1S/C12H14FNO/c13-11-7-14-4-3-10(11)12(15)6-8-1-2-9(12)5-8/h3-4,7-9,15H,1-2,5-6H2. The minimum atomic E-state index is -0.921. The van der Waals surface area contributed by atoms with Gasteiger partial charge in [-0.2, -0.15) is 0 Å². The van der Waals surface area contributed by atoms with E-state index in [1.165, 1.54) is 12.6 Å². The summed E-state index contributed by atoms with van der Waals surface area (Å²) in [6, 6.07) is 1.62. The Bertz CT molecular complexity index is 395. The van der Waals surface area contributed by atoms with E-state index in [0.717, 1.165) is 19.3 Å². The Morgan fingerprint density at radius 3 is 2.93 bits per heavy atom. The van der Waals surface area contributed by atoms with Crippen molar-refractivity contribution in [1.29, 1.82) is 0 Å². The molecule has 2 bridgehead atoms. The first kappa shape index (κ1) is 9.28. The van der Waals surface area contributed by atoms with E-state index in [-0.39, 0.29) is 11.7 Å². The van der Waals surface area contributed by atoms with Crippen LogP contribution in [0.15, 0.2) is 18.5 Å². The van der Waals surface area contributed by atoms with Gasteiger partial charge in [-0.1, -0.05) is 0 Å². The Kier molecular flexibility index (Phi) is 1.87. The molecular weight excluding hydrogens is 193 g/mol. The molecule has 0 spiro atoms. The van der Waals surface area contributed by atoms with Crippen LogP contribution in [-0.4, -0.2) is 10.1 Å². The van der Waals surface area contributed by atoms with E-state index in [4.69, 9.17) is 0 Å². The molecule has 0 aliphatic heterocycles. The van der Waals surface area contributed by atoms with Crippen molar-refractivity contribution in [3.63, 3.8) is 0 Å². The molecule has 2 aliphatic rings. The lowest BCUT2D eigenvalue weighted by Gasteiger charge is -2.32. The molecule has 0 amide bonds. The van der Waals surface area contributed by atoms with Crippen LogP contribution in [0.5, 0.6) is 0 Å². The van der Waals surface area contributed by atoms with E-state index in [0.29, 0.717) is 11.5 Å². The van der Waals surface area contributed by atoms with Crippen LogP contribution in [0.25, 0.3) is 0 Å². The van der Waals surface area contributed by atoms with E-state index in [1.54, 1.807) is 12.3 Å². The SMILES string of the molecule is OC1(c2ccncc2F)CC2CCC1C2. The van der Waals surface area contributed by atoms with Gasteiger partial charge < -0.3 is 5.11 Å². The highest BCUT2D eigenvalue weighted by Gasteiger charge is 2.51. The Labute approximate surface area is 88.2 Å². The molecule has 0 aromatic carbocycles. The van der Waals surface area contributed by atoms with Crippen molar-refractivity contribution in [2.45, 2.75) is 31.3 Å². The van der Waals surface area contributed by atoms with Crippen LogP contribution in [0.2, 0.25) is 0 Å². The molecule has 2 fully saturated rings. The highest BCUT2D eigenvalue weighted by Crippen LogP contribution is 2.55. The molecule has 1 heterocycles. The Balaban J connectivity index is 2.04. The van der Waals surface area contributed by atoms with Gasteiger partial charge in [0.05, 0.1) is 11.8 Å². The average Bonchev–Trinajstić information content (AvgIpc) is 2.78. The predicted molar refractivity (Wildman–Crippen MR) is 53.5 cm³/mol. The number of rotatable bonds is 1. The molecule has 0 radical (unpaired) electrons. The number of fused-ring (bicyclic) bond motifs is 2. The third-order valence-corrected chi connectivity index (χ3v) is 4.06. The van der Waals surface area contributed by atoms with Gasteiger partial charge in [0.15, 0.2) is 0 Å². The third-order valence-electron chi connectivity index (χ3n) is 4.06. The van der Waals surface area contributed by atoms with Crippen molar-refractivity contribution in [2.24, 2.45) is 11.8 Å². The van der Waals surface area contributed by atoms with Gasteiger partial charge >= 0.3 is 0 Å². The van der Waals surface area contributed by atoms with Crippen LogP contribution >= 0.6 is 0 Å². The van der Waals surface area contributed by atoms with Crippen molar-refractivity contribution < 1.29 is 9.50 Å². The van der Waals surface area contributed by atoms with Crippen LogP contribution in [-0.2, 0) is 5.60 Å². The van der Waals surface area contributed by atoms with E-state index in [9.17, 15) is 9.50 Å². The van der Waals surface area contributed by atoms with Gasteiger partial charge in [-0.3, -0.25) is 4.98 Å². The summed E-state index contributed by atoms with van der Waals surface area (Å²) >= 11 is 0. The molecule has 1 N–H and O–H groups in total. The normalized spacial score (nSPS) is 38.5. The maximum absolute atomic E-state index is 13.6. The zero-order valence-electron chi connectivity index (χ0n) is 8.49. The summed E-state index contributed by atoms with van der Waals surface area (Å²) in [7, 11) is 0. The average molecular weight is 207 g/mol. The molecule has 2 saturated carbocycles.